The third-order valence-electron chi connectivity index (χ3n) is 3.53. The predicted octanol–water partition coefficient (Wildman–Crippen LogP) is 4.54. The molecule has 2 rings (SSSR count). The molecule has 1 aromatic rings. The topological polar surface area (TPSA) is 33.6 Å². The minimum absolute atomic E-state index is 0.616. The fourth-order valence-electron chi connectivity index (χ4n) is 2.34. The second-order valence-electron chi connectivity index (χ2n) is 5.20. The van der Waals surface area contributed by atoms with Crippen LogP contribution < -0.4 is 5.48 Å². The number of hydroxylamine groups is 1. The summed E-state index contributed by atoms with van der Waals surface area (Å²) in [5, 5.41) is 0. The third-order valence-corrected chi connectivity index (χ3v) is 3.53. The van der Waals surface area contributed by atoms with Crippen molar-refractivity contribution in [1.29, 1.82) is 0 Å². The van der Waals surface area contributed by atoms with Gasteiger partial charge >= 0.3 is 0 Å². The highest BCUT2D eigenvalue weighted by molar-refractivity contribution is 6.02. The summed E-state index contributed by atoms with van der Waals surface area (Å²) in [6, 6.07) is 10.2. The molecular weight excluding hydrogens is 248 g/mol. The summed E-state index contributed by atoms with van der Waals surface area (Å²) in [4.78, 5) is 10.1. The molecule has 0 atom stereocenters. The zero-order valence-electron chi connectivity index (χ0n) is 12.5. The Hall–Kier alpha value is -1.61. The number of hydrogen-bond donors (Lipinski definition) is 1. The van der Waals surface area contributed by atoms with E-state index in [0.29, 0.717) is 6.61 Å². The Morgan fingerprint density at radius 1 is 1.20 bits per heavy atom. The second kappa shape index (κ2) is 7.85. The minimum Gasteiger partial charge on any atom is -0.272 e. The first-order chi connectivity index (χ1) is 9.81. The van der Waals surface area contributed by atoms with Gasteiger partial charge in [-0.25, -0.2) is 0 Å². The monoisotopic (exact) mass is 272 g/mol. The fraction of sp³-hybridized carbons (Fsp3) is 0.471. The van der Waals surface area contributed by atoms with Crippen LogP contribution in [-0.2, 0) is 4.84 Å². The number of unbranched alkanes of at least 4 members (excludes halogenated alkanes) is 3. The average Bonchev–Trinajstić information content (AvgIpc) is 2.89. The molecule has 0 unspecified atom stereocenters. The van der Waals surface area contributed by atoms with Crippen molar-refractivity contribution < 1.29 is 4.84 Å². The molecular formula is C17H24N2O. The molecule has 1 N–H and O–H groups in total. The molecule has 0 aromatic heterocycles. The highest BCUT2D eigenvalue weighted by Gasteiger charge is 2.16. The number of nitrogens with zero attached hydrogens (tertiary/aromatic N) is 1. The van der Waals surface area contributed by atoms with Gasteiger partial charge in [-0.3, -0.25) is 15.3 Å². The summed E-state index contributed by atoms with van der Waals surface area (Å²) in [7, 11) is 0. The number of benzene rings is 1. The summed E-state index contributed by atoms with van der Waals surface area (Å²) in [6.45, 7) is 4.90. The number of para-hydroxylation sites is 1. The lowest BCUT2D eigenvalue weighted by molar-refractivity contribution is 0.107. The molecule has 0 spiro atoms. The summed E-state index contributed by atoms with van der Waals surface area (Å²) in [5.41, 5.74) is 7.42. The van der Waals surface area contributed by atoms with Crippen molar-refractivity contribution in [1.82, 2.24) is 5.48 Å². The Morgan fingerprint density at radius 3 is 2.65 bits per heavy atom. The van der Waals surface area contributed by atoms with Crippen LogP contribution in [0, 0.1) is 0 Å². The van der Waals surface area contributed by atoms with Crippen LogP contribution in [0.5, 0.6) is 0 Å². The van der Waals surface area contributed by atoms with Gasteiger partial charge in [-0.2, -0.15) is 0 Å². The molecule has 0 amide bonds. The van der Waals surface area contributed by atoms with Crippen molar-refractivity contribution in [2.24, 2.45) is 4.99 Å². The zero-order chi connectivity index (χ0) is 14.2. The first kappa shape index (κ1) is 14.8. The van der Waals surface area contributed by atoms with Gasteiger partial charge < -0.3 is 0 Å². The first-order valence-electron chi connectivity index (χ1n) is 7.51. The Bertz CT molecular complexity index is 477. The molecule has 0 saturated carbocycles. The molecule has 3 nitrogen and oxygen atoms in total. The molecule has 1 aliphatic heterocycles. The summed E-state index contributed by atoms with van der Waals surface area (Å²) >= 11 is 0. The highest BCUT2D eigenvalue weighted by atomic mass is 16.6. The maximum Gasteiger partial charge on any atom is 0.103 e. The van der Waals surface area contributed by atoms with Gasteiger partial charge in [0.25, 0.3) is 0 Å². The van der Waals surface area contributed by atoms with Crippen LogP contribution >= 0.6 is 0 Å². The standard InChI is InChI=1S/C17H24N2O/c1-3-4-5-9-12-17(16-13-20-19-14(16)2)18-15-10-7-6-8-11-15/h6-8,10-11,19H,3-5,9,12-13H2,1-2H3. The lowest BCUT2D eigenvalue weighted by Crippen LogP contribution is -2.06. The number of nitrogens with one attached hydrogen (secondary N) is 1. The minimum atomic E-state index is 0.616. The van der Waals surface area contributed by atoms with Gasteiger partial charge in [0.1, 0.15) is 6.61 Å². The number of rotatable bonds is 7. The van der Waals surface area contributed by atoms with Crippen LogP contribution in [0.15, 0.2) is 46.6 Å². The van der Waals surface area contributed by atoms with Crippen molar-refractivity contribution in [2.75, 3.05) is 6.61 Å². The molecule has 0 saturated heterocycles. The molecule has 0 fully saturated rings. The van der Waals surface area contributed by atoms with E-state index in [2.05, 4.69) is 19.3 Å². The molecule has 1 aromatic carbocycles. The number of aliphatic imine (C=N–C) groups is 1. The normalized spacial score (nSPS) is 15.6. The van der Waals surface area contributed by atoms with E-state index in [1.54, 1.807) is 0 Å². The Morgan fingerprint density at radius 2 is 2.00 bits per heavy atom. The van der Waals surface area contributed by atoms with Crippen molar-refractivity contribution >= 4 is 11.4 Å². The average molecular weight is 272 g/mol. The van der Waals surface area contributed by atoms with E-state index in [1.165, 1.54) is 31.3 Å². The van der Waals surface area contributed by atoms with Gasteiger partial charge in [0.15, 0.2) is 0 Å². The SMILES string of the molecule is CCCCCCC(=Nc1ccccc1)C1=C(C)NOC1. The van der Waals surface area contributed by atoms with Crippen LogP contribution in [-0.4, -0.2) is 12.3 Å². The second-order valence-corrected chi connectivity index (χ2v) is 5.20. The lowest BCUT2D eigenvalue weighted by Gasteiger charge is -2.08. The van der Waals surface area contributed by atoms with Crippen molar-refractivity contribution in [3.63, 3.8) is 0 Å². The van der Waals surface area contributed by atoms with Gasteiger partial charge in [-0.05, 0) is 31.9 Å². The van der Waals surface area contributed by atoms with Crippen LogP contribution in [0.25, 0.3) is 0 Å². The number of allylic oxidation sites excluding steroid dienone is 1. The molecule has 1 aliphatic rings. The van der Waals surface area contributed by atoms with E-state index < -0.39 is 0 Å². The first-order valence-corrected chi connectivity index (χ1v) is 7.51. The zero-order valence-corrected chi connectivity index (χ0v) is 12.5. The van der Waals surface area contributed by atoms with E-state index in [4.69, 9.17) is 9.83 Å². The van der Waals surface area contributed by atoms with Crippen LogP contribution in [0.2, 0.25) is 0 Å². The predicted molar refractivity (Wildman–Crippen MR) is 84.1 cm³/mol. The summed E-state index contributed by atoms with van der Waals surface area (Å²) in [5.74, 6) is 0. The van der Waals surface area contributed by atoms with Gasteiger partial charge in [0.05, 0.1) is 5.69 Å². The smallest absolute Gasteiger partial charge is 0.103 e. The van der Waals surface area contributed by atoms with Gasteiger partial charge in [0.2, 0.25) is 0 Å². The molecule has 0 bridgehead atoms. The van der Waals surface area contributed by atoms with Crippen LogP contribution in [0.4, 0.5) is 5.69 Å². The Kier molecular flexibility index (Phi) is 5.81. The van der Waals surface area contributed by atoms with E-state index in [9.17, 15) is 0 Å². The van der Waals surface area contributed by atoms with Crippen LogP contribution in [0.1, 0.15) is 46.0 Å². The van der Waals surface area contributed by atoms with Crippen molar-refractivity contribution in [3.8, 4) is 0 Å². The molecule has 108 valence electrons. The maximum atomic E-state index is 5.31. The van der Waals surface area contributed by atoms with Crippen molar-refractivity contribution in [2.45, 2.75) is 46.0 Å². The Labute approximate surface area is 121 Å². The van der Waals surface area contributed by atoms with E-state index in [0.717, 1.165) is 23.5 Å². The molecule has 0 aliphatic carbocycles. The van der Waals surface area contributed by atoms with E-state index >= 15 is 0 Å². The maximum absolute atomic E-state index is 5.31. The largest absolute Gasteiger partial charge is 0.272 e. The number of hydrogen-bond acceptors (Lipinski definition) is 3. The van der Waals surface area contributed by atoms with Gasteiger partial charge in [0, 0.05) is 17.0 Å². The van der Waals surface area contributed by atoms with E-state index in [-0.39, 0.29) is 0 Å². The fourth-order valence-corrected chi connectivity index (χ4v) is 2.34. The van der Waals surface area contributed by atoms with E-state index in [1.807, 2.05) is 30.3 Å². The Balaban J connectivity index is 2.12. The van der Waals surface area contributed by atoms with Gasteiger partial charge in [-0.15, -0.1) is 0 Å². The van der Waals surface area contributed by atoms with Crippen molar-refractivity contribution in [3.05, 3.63) is 41.6 Å². The summed E-state index contributed by atoms with van der Waals surface area (Å²) in [6.07, 6.45) is 6.04. The molecule has 1 heterocycles. The highest BCUT2D eigenvalue weighted by Crippen LogP contribution is 2.20. The summed E-state index contributed by atoms with van der Waals surface area (Å²) < 4.78 is 0. The quantitative estimate of drug-likeness (QED) is 0.584. The molecule has 3 heteroatoms. The van der Waals surface area contributed by atoms with Crippen LogP contribution in [0.3, 0.4) is 0 Å². The molecule has 20 heavy (non-hydrogen) atoms. The van der Waals surface area contributed by atoms with Gasteiger partial charge in [-0.1, -0.05) is 44.4 Å². The third kappa shape index (κ3) is 4.20. The molecule has 0 radical (unpaired) electrons. The lowest BCUT2D eigenvalue weighted by atomic mass is 10.0.